The third-order valence-electron chi connectivity index (χ3n) is 2.67. The van der Waals surface area contributed by atoms with Crippen LogP contribution in [0, 0.1) is 0 Å². The van der Waals surface area contributed by atoms with Gasteiger partial charge in [0.2, 0.25) is 10.0 Å². The third kappa shape index (κ3) is 3.12. The topological polar surface area (TPSA) is 50.3 Å². The van der Waals surface area contributed by atoms with Crippen molar-refractivity contribution >= 4 is 21.6 Å². The van der Waals surface area contributed by atoms with Crippen LogP contribution < -0.4 is 0 Å². The highest BCUT2D eigenvalue weighted by Gasteiger charge is 2.23. The normalized spacial score (nSPS) is 11.7. The molecule has 100 valence electrons. The van der Waals surface area contributed by atoms with E-state index in [1.807, 2.05) is 30.3 Å². The van der Waals surface area contributed by atoms with E-state index in [1.54, 1.807) is 0 Å². The molecule has 0 radical (unpaired) electrons. The van der Waals surface area contributed by atoms with Gasteiger partial charge in [-0.1, -0.05) is 41.9 Å². The Morgan fingerprint density at radius 1 is 1.21 bits per heavy atom. The Bertz CT molecular complexity index is 659. The molecule has 4 nitrogen and oxygen atoms in total. The van der Waals surface area contributed by atoms with E-state index in [9.17, 15) is 8.42 Å². The SMILES string of the molecule is CN(Cc1ccccc1)S(=O)(=O)c1cnccc1Cl. The second-order valence-corrected chi connectivity index (χ2v) is 6.47. The Balaban J connectivity index is 2.28. The van der Waals surface area contributed by atoms with Crippen LogP contribution in [-0.2, 0) is 16.6 Å². The largest absolute Gasteiger partial charge is 0.263 e. The monoisotopic (exact) mass is 296 g/mol. The Labute approximate surface area is 117 Å². The summed E-state index contributed by atoms with van der Waals surface area (Å²) in [7, 11) is -2.11. The molecule has 0 N–H and O–H groups in total. The van der Waals surface area contributed by atoms with Gasteiger partial charge in [-0.2, -0.15) is 4.31 Å². The summed E-state index contributed by atoms with van der Waals surface area (Å²) in [6, 6.07) is 10.8. The molecular formula is C13H13ClN2O2S. The zero-order valence-electron chi connectivity index (χ0n) is 10.3. The van der Waals surface area contributed by atoms with Crippen molar-refractivity contribution in [2.45, 2.75) is 11.4 Å². The number of benzene rings is 1. The maximum Gasteiger partial charge on any atom is 0.246 e. The second kappa shape index (κ2) is 5.69. The van der Waals surface area contributed by atoms with Crippen LogP contribution in [0.2, 0.25) is 5.02 Å². The summed E-state index contributed by atoms with van der Waals surface area (Å²) in [5.74, 6) is 0. The number of halogens is 1. The Morgan fingerprint density at radius 3 is 2.53 bits per heavy atom. The lowest BCUT2D eigenvalue weighted by molar-refractivity contribution is 0.466. The molecule has 0 aliphatic heterocycles. The molecule has 0 fully saturated rings. The number of aromatic nitrogens is 1. The van der Waals surface area contributed by atoms with Crippen molar-refractivity contribution in [3.05, 3.63) is 59.4 Å². The molecule has 0 unspecified atom stereocenters. The van der Waals surface area contributed by atoms with E-state index in [-0.39, 0.29) is 16.5 Å². The second-order valence-electron chi connectivity index (χ2n) is 4.05. The molecule has 19 heavy (non-hydrogen) atoms. The summed E-state index contributed by atoms with van der Waals surface area (Å²) < 4.78 is 26.0. The van der Waals surface area contributed by atoms with E-state index < -0.39 is 10.0 Å². The Hall–Kier alpha value is -1.43. The van der Waals surface area contributed by atoms with E-state index in [0.29, 0.717) is 0 Å². The van der Waals surface area contributed by atoms with E-state index in [1.165, 1.54) is 29.8 Å². The van der Waals surface area contributed by atoms with Crippen LogP contribution in [0.4, 0.5) is 0 Å². The fourth-order valence-corrected chi connectivity index (χ4v) is 3.21. The first-order valence-electron chi connectivity index (χ1n) is 5.61. The number of pyridine rings is 1. The van der Waals surface area contributed by atoms with Gasteiger partial charge in [-0.3, -0.25) is 4.98 Å². The molecule has 0 aliphatic rings. The molecule has 2 rings (SSSR count). The average Bonchev–Trinajstić information content (AvgIpc) is 2.40. The molecule has 1 aromatic heterocycles. The molecule has 0 spiro atoms. The fraction of sp³-hybridized carbons (Fsp3) is 0.154. The van der Waals surface area contributed by atoms with Crippen molar-refractivity contribution in [1.29, 1.82) is 0 Å². The maximum absolute atomic E-state index is 12.4. The fourth-order valence-electron chi connectivity index (χ4n) is 1.65. The Kier molecular flexibility index (Phi) is 4.19. The molecule has 0 saturated heterocycles. The van der Waals surface area contributed by atoms with Crippen LogP contribution in [-0.4, -0.2) is 24.8 Å². The van der Waals surface area contributed by atoms with E-state index in [4.69, 9.17) is 11.6 Å². The number of hydrogen-bond donors (Lipinski definition) is 0. The van der Waals surface area contributed by atoms with Crippen LogP contribution in [0.3, 0.4) is 0 Å². The maximum atomic E-state index is 12.4. The zero-order chi connectivity index (χ0) is 13.9. The van der Waals surface area contributed by atoms with Gasteiger partial charge in [0.25, 0.3) is 0 Å². The number of rotatable bonds is 4. The summed E-state index contributed by atoms with van der Waals surface area (Å²) in [6.45, 7) is 0.286. The first-order valence-corrected chi connectivity index (χ1v) is 7.43. The molecule has 0 amide bonds. The van der Waals surface area contributed by atoms with Crippen molar-refractivity contribution in [3.8, 4) is 0 Å². The van der Waals surface area contributed by atoms with Crippen LogP contribution in [0.15, 0.2) is 53.7 Å². The van der Waals surface area contributed by atoms with Gasteiger partial charge in [0, 0.05) is 26.0 Å². The molecule has 0 aliphatic carbocycles. The molecule has 1 heterocycles. The summed E-state index contributed by atoms with van der Waals surface area (Å²) in [5.41, 5.74) is 0.911. The average molecular weight is 297 g/mol. The summed E-state index contributed by atoms with van der Waals surface area (Å²) >= 11 is 5.91. The Morgan fingerprint density at radius 2 is 1.89 bits per heavy atom. The van der Waals surface area contributed by atoms with E-state index in [2.05, 4.69) is 4.98 Å². The van der Waals surface area contributed by atoms with E-state index in [0.717, 1.165) is 5.56 Å². The van der Waals surface area contributed by atoms with Crippen LogP contribution in [0.1, 0.15) is 5.56 Å². The summed E-state index contributed by atoms with van der Waals surface area (Å²) in [6.07, 6.45) is 2.72. The lowest BCUT2D eigenvalue weighted by Gasteiger charge is -2.17. The van der Waals surface area contributed by atoms with Gasteiger partial charge < -0.3 is 0 Å². The minimum atomic E-state index is -3.63. The standard InChI is InChI=1S/C13H13ClN2O2S/c1-16(10-11-5-3-2-4-6-11)19(17,18)13-9-15-8-7-12(13)14/h2-9H,10H2,1H3. The summed E-state index contributed by atoms with van der Waals surface area (Å²) in [4.78, 5) is 3.83. The van der Waals surface area contributed by atoms with E-state index >= 15 is 0 Å². The third-order valence-corrected chi connectivity index (χ3v) is 4.94. The highest BCUT2D eigenvalue weighted by atomic mass is 35.5. The zero-order valence-corrected chi connectivity index (χ0v) is 11.9. The van der Waals surface area contributed by atoms with Gasteiger partial charge in [-0.05, 0) is 11.6 Å². The van der Waals surface area contributed by atoms with Gasteiger partial charge >= 0.3 is 0 Å². The van der Waals surface area contributed by atoms with Crippen molar-refractivity contribution in [3.63, 3.8) is 0 Å². The number of sulfonamides is 1. The van der Waals surface area contributed by atoms with Gasteiger partial charge in [0.05, 0.1) is 5.02 Å². The smallest absolute Gasteiger partial charge is 0.246 e. The van der Waals surface area contributed by atoms with Crippen LogP contribution in [0.25, 0.3) is 0 Å². The van der Waals surface area contributed by atoms with Crippen molar-refractivity contribution in [1.82, 2.24) is 9.29 Å². The van der Waals surface area contributed by atoms with Gasteiger partial charge in [-0.15, -0.1) is 0 Å². The minimum absolute atomic E-state index is 0.0232. The molecular weight excluding hydrogens is 284 g/mol. The van der Waals surface area contributed by atoms with Gasteiger partial charge in [0.15, 0.2) is 0 Å². The minimum Gasteiger partial charge on any atom is -0.263 e. The lowest BCUT2D eigenvalue weighted by atomic mass is 10.2. The predicted octanol–water partition coefficient (Wildman–Crippen LogP) is 2.56. The van der Waals surface area contributed by atoms with Gasteiger partial charge in [-0.25, -0.2) is 8.42 Å². The quantitative estimate of drug-likeness (QED) is 0.871. The van der Waals surface area contributed by atoms with Crippen molar-refractivity contribution in [2.24, 2.45) is 0 Å². The molecule has 1 aromatic carbocycles. The molecule has 0 saturated carbocycles. The molecule has 2 aromatic rings. The highest BCUT2D eigenvalue weighted by Crippen LogP contribution is 2.23. The van der Waals surface area contributed by atoms with Crippen molar-refractivity contribution < 1.29 is 8.42 Å². The first kappa shape index (κ1) is 14.0. The molecule has 0 atom stereocenters. The first-order chi connectivity index (χ1) is 9.01. The molecule has 6 heteroatoms. The summed E-state index contributed by atoms with van der Waals surface area (Å²) in [5, 5.41) is 0.176. The number of nitrogens with zero attached hydrogens (tertiary/aromatic N) is 2. The van der Waals surface area contributed by atoms with Gasteiger partial charge in [0.1, 0.15) is 4.90 Å². The van der Waals surface area contributed by atoms with Crippen molar-refractivity contribution in [2.75, 3.05) is 7.05 Å². The van der Waals surface area contributed by atoms with Crippen LogP contribution >= 0.6 is 11.6 Å². The highest BCUT2D eigenvalue weighted by molar-refractivity contribution is 7.89. The molecule has 0 bridgehead atoms. The lowest BCUT2D eigenvalue weighted by Crippen LogP contribution is -2.26. The number of hydrogen-bond acceptors (Lipinski definition) is 3. The predicted molar refractivity (Wildman–Crippen MR) is 74.3 cm³/mol. The van der Waals surface area contributed by atoms with Crippen LogP contribution in [0.5, 0.6) is 0 Å².